The fraction of sp³-hybridized carbons (Fsp3) is 0.808. The quantitative estimate of drug-likeness (QED) is 0.285. The molecule has 0 spiro atoms. The summed E-state index contributed by atoms with van der Waals surface area (Å²) in [6.45, 7) is 11.8. The number of oxime groups is 2. The number of carbonyl (C=O) groups is 1. The van der Waals surface area contributed by atoms with Crippen LogP contribution in [-0.4, -0.2) is 46.4 Å². The van der Waals surface area contributed by atoms with Gasteiger partial charge in [-0.15, -0.1) is 0 Å². The van der Waals surface area contributed by atoms with Gasteiger partial charge in [-0.05, 0) is 86.9 Å². The highest BCUT2D eigenvalue weighted by atomic mass is 28.4. The highest BCUT2D eigenvalue weighted by molar-refractivity contribution is 6.69. The normalized spacial score (nSPS) is 40.1. The van der Waals surface area contributed by atoms with Crippen LogP contribution in [0.15, 0.2) is 22.0 Å². The first kappa shape index (κ1) is 24.6. The zero-order valence-electron chi connectivity index (χ0n) is 21.6. The molecule has 7 heteroatoms. The molecule has 0 aromatic rings. The lowest BCUT2D eigenvalue weighted by atomic mass is 9.46. The Morgan fingerprint density at radius 2 is 1.88 bits per heavy atom. The Morgan fingerprint density at radius 1 is 1.12 bits per heavy atom. The summed E-state index contributed by atoms with van der Waals surface area (Å²) in [6, 6.07) is 0. The molecule has 184 valence electrons. The summed E-state index contributed by atoms with van der Waals surface area (Å²) in [5.74, 6) is 1.83. The van der Waals surface area contributed by atoms with Crippen molar-refractivity contribution in [3.63, 3.8) is 0 Å². The molecular weight excluding hydrogens is 432 g/mol. The van der Waals surface area contributed by atoms with Crippen molar-refractivity contribution in [3.8, 4) is 0 Å². The van der Waals surface area contributed by atoms with Gasteiger partial charge in [0.05, 0.1) is 18.0 Å². The second kappa shape index (κ2) is 8.95. The maximum atomic E-state index is 13.9. The molecule has 0 saturated heterocycles. The number of fused-ring (bicyclic) bond motifs is 5. The molecule has 0 radical (unpaired) electrons. The van der Waals surface area contributed by atoms with Crippen molar-refractivity contribution in [2.75, 3.05) is 20.8 Å². The van der Waals surface area contributed by atoms with E-state index in [0.717, 1.165) is 49.9 Å². The van der Waals surface area contributed by atoms with Gasteiger partial charge in [0.25, 0.3) is 0 Å². The first-order valence-corrected chi connectivity index (χ1v) is 16.0. The van der Waals surface area contributed by atoms with E-state index in [2.05, 4.69) is 49.9 Å². The van der Waals surface area contributed by atoms with Crippen molar-refractivity contribution in [1.29, 1.82) is 0 Å². The molecule has 3 saturated carbocycles. The lowest BCUT2D eigenvalue weighted by molar-refractivity contribution is -0.144. The van der Waals surface area contributed by atoms with Crippen LogP contribution in [-0.2, 0) is 18.9 Å². The number of hydrogen-bond acceptors (Lipinski definition) is 6. The van der Waals surface area contributed by atoms with Gasteiger partial charge >= 0.3 is 0 Å². The molecule has 0 amide bonds. The highest BCUT2D eigenvalue weighted by Crippen LogP contribution is 2.65. The van der Waals surface area contributed by atoms with Crippen LogP contribution in [0.2, 0.25) is 19.6 Å². The molecule has 0 aliphatic heterocycles. The second-order valence-corrected chi connectivity index (χ2v) is 16.6. The summed E-state index contributed by atoms with van der Waals surface area (Å²) in [5.41, 5.74) is 3.31. The van der Waals surface area contributed by atoms with Crippen molar-refractivity contribution in [3.05, 3.63) is 11.6 Å². The number of Topliss-reactive ketones (excluding diaryl/α,β-unsaturated/α-hetero) is 1. The van der Waals surface area contributed by atoms with Gasteiger partial charge in [0.2, 0.25) is 0 Å². The number of rotatable bonds is 6. The van der Waals surface area contributed by atoms with Crippen LogP contribution in [0.5, 0.6) is 0 Å². The van der Waals surface area contributed by atoms with Crippen LogP contribution in [0.1, 0.15) is 58.8 Å². The third-order valence-electron chi connectivity index (χ3n) is 9.14. The van der Waals surface area contributed by atoms with Gasteiger partial charge in [-0.25, -0.2) is 0 Å². The largest absolute Gasteiger partial charge is 0.412 e. The Balaban J connectivity index is 1.62. The summed E-state index contributed by atoms with van der Waals surface area (Å²) in [4.78, 5) is 24.2. The SMILES string of the molecule is CO/N=C(\CO[Si](C)(C)C)[C@H]1CCC2C3CCC4=C/C(=N/OC)CC[C@]4(C)C3C(=O)C[C@@]21C. The number of allylic oxidation sites excluding steroid dienone is 2. The molecule has 4 rings (SSSR count). The minimum absolute atomic E-state index is 0.0451. The second-order valence-electron chi connectivity index (χ2n) is 12.1. The monoisotopic (exact) mass is 474 g/mol. The van der Waals surface area contributed by atoms with Crippen molar-refractivity contribution >= 4 is 25.5 Å². The Bertz CT molecular complexity index is 876. The highest BCUT2D eigenvalue weighted by Gasteiger charge is 2.62. The van der Waals surface area contributed by atoms with E-state index in [0.29, 0.717) is 30.6 Å². The summed E-state index contributed by atoms with van der Waals surface area (Å²) in [5, 5.41) is 8.64. The number of ketones is 1. The minimum atomic E-state index is -1.68. The number of carbonyl (C=O) groups excluding carboxylic acids is 1. The molecule has 4 aliphatic carbocycles. The average molecular weight is 475 g/mol. The van der Waals surface area contributed by atoms with Gasteiger partial charge in [0.1, 0.15) is 20.0 Å². The van der Waals surface area contributed by atoms with E-state index in [9.17, 15) is 4.79 Å². The Labute approximate surface area is 200 Å². The molecule has 3 fully saturated rings. The van der Waals surface area contributed by atoms with Crippen LogP contribution in [0.25, 0.3) is 0 Å². The summed E-state index contributed by atoms with van der Waals surface area (Å²) >= 11 is 0. The molecule has 33 heavy (non-hydrogen) atoms. The molecule has 4 aliphatic rings. The average Bonchev–Trinajstić information content (AvgIpc) is 3.07. The molecule has 6 atom stereocenters. The van der Waals surface area contributed by atoms with Crippen molar-refractivity contribution in [2.24, 2.45) is 44.8 Å². The predicted molar refractivity (Wildman–Crippen MR) is 134 cm³/mol. The number of nitrogens with zero attached hydrogens (tertiary/aromatic N) is 2. The van der Waals surface area contributed by atoms with Crippen molar-refractivity contribution < 1.29 is 18.9 Å². The topological polar surface area (TPSA) is 69.5 Å². The molecule has 0 bridgehead atoms. The van der Waals surface area contributed by atoms with Gasteiger partial charge in [-0.2, -0.15) is 0 Å². The van der Waals surface area contributed by atoms with E-state index >= 15 is 0 Å². The van der Waals surface area contributed by atoms with Gasteiger partial charge in [0, 0.05) is 18.3 Å². The Kier molecular flexibility index (Phi) is 6.69. The summed E-state index contributed by atoms with van der Waals surface area (Å²) < 4.78 is 6.25. The fourth-order valence-electron chi connectivity index (χ4n) is 7.73. The summed E-state index contributed by atoms with van der Waals surface area (Å²) in [7, 11) is 1.54. The maximum Gasteiger partial charge on any atom is 0.184 e. The first-order chi connectivity index (χ1) is 15.5. The van der Waals surface area contributed by atoms with Gasteiger partial charge in [0.15, 0.2) is 8.32 Å². The smallest absolute Gasteiger partial charge is 0.184 e. The number of hydrogen-bond donors (Lipinski definition) is 0. The van der Waals surface area contributed by atoms with Crippen LogP contribution < -0.4 is 0 Å². The molecule has 3 unspecified atom stereocenters. The molecule has 0 N–H and O–H groups in total. The molecule has 0 aromatic carbocycles. The zero-order valence-corrected chi connectivity index (χ0v) is 22.6. The lowest BCUT2D eigenvalue weighted by Gasteiger charge is -2.57. The molecule has 0 heterocycles. The molecule has 6 nitrogen and oxygen atoms in total. The maximum absolute atomic E-state index is 13.9. The Morgan fingerprint density at radius 3 is 2.55 bits per heavy atom. The zero-order chi connectivity index (χ0) is 24.0. The van der Waals surface area contributed by atoms with Crippen LogP contribution >= 0.6 is 0 Å². The third-order valence-corrected chi connectivity index (χ3v) is 10.1. The van der Waals surface area contributed by atoms with E-state index in [1.165, 1.54) is 5.57 Å². The van der Waals surface area contributed by atoms with Gasteiger partial charge in [-0.3, -0.25) is 4.79 Å². The van der Waals surface area contributed by atoms with Crippen LogP contribution in [0.3, 0.4) is 0 Å². The van der Waals surface area contributed by atoms with E-state index < -0.39 is 8.32 Å². The Hall–Kier alpha value is -1.47. The standard InChI is InChI=1S/C26H42N2O4Si/c1-25-13-12-18(27-30-3)14-17(25)8-9-19-20-10-11-21(26(20,2)15-23(29)24(19)25)22(28-31-4)16-32-33(5,6)7/h14,19-21,24H,8-13,15-16H2,1-7H3/b27-18+,28-22+/t19?,20?,21-,24?,25+,26+/m1/s1. The minimum Gasteiger partial charge on any atom is -0.412 e. The van der Waals surface area contributed by atoms with E-state index in [1.807, 2.05) is 0 Å². The van der Waals surface area contributed by atoms with Gasteiger partial charge < -0.3 is 14.1 Å². The third kappa shape index (κ3) is 4.35. The van der Waals surface area contributed by atoms with E-state index in [1.54, 1.807) is 14.2 Å². The fourth-order valence-corrected chi connectivity index (χ4v) is 8.31. The first-order valence-electron chi connectivity index (χ1n) is 12.6. The molecule has 0 aromatic heterocycles. The van der Waals surface area contributed by atoms with E-state index in [-0.39, 0.29) is 22.7 Å². The summed E-state index contributed by atoms with van der Waals surface area (Å²) in [6.07, 6.45) is 9.11. The lowest BCUT2D eigenvalue weighted by Crippen LogP contribution is -2.55. The van der Waals surface area contributed by atoms with Crippen LogP contribution in [0.4, 0.5) is 0 Å². The van der Waals surface area contributed by atoms with Gasteiger partial charge in [-0.1, -0.05) is 29.7 Å². The van der Waals surface area contributed by atoms with E-state index in [4.69, 9.17) is 14.1 Å². The van der Waals surface area contributed by atoms with Crippen LogP contribution in [0, 0.1) is 34.5 Å². The predicted octanol–water partition coefficient (Wildman–Crippen LogP) is 5.60. The molecular formula is C26H42N2O4Si. The van der Waals surface area contributed by atoms with Crippen molar-refractivity contribution in [2.45, 2.75) is 78.4 Å². The van der Waals surface area contributed by atoms with Crippen molar-refractivity contribution in [1.82, 2.24) is 0 Å².